The van der Waals surface area contributed by atoms with Crippen molar-refractivity contribution in [1.29, 1.82) is 10.5 Å². The average molecular weight is 1100 g/mol. The van der Waals surface area contributed by atoms with E-state index < -0.39 is 0 Å². The molecule has 12 aromatic carbocycles. The molecule has 16 rings (SSSR count). The summed E-state index contributed by atoms with van der Waals surface area (Å²) in [6, 6.07) is 83.5. The first kappa shape index (κ1) is 48.5. The molecule has 0 fully saturated rings. The van der Waals surface area contributed by atoms with Gasteiger partial charge >= 0.3 is 0 Å². The third-order valence-corrected chi connectivity index (χ3v) is 18.7. The van der Waals surface area contributed by atoms with E-state index in [0.29, 0.717) is 45.2 Å². The van der Waals surface area contributed by atoms with Crippen LogP contribution in [0.3, 0.4) is 0 Å². The molecule has 0 radical (unpaired) electrons. The van der Waals surface area contributed by atoms with Crippen LogP contribution in [0.4, 0.5) is 5.69 Å². The highest BCUT2D eigenvalue weighted by atomic mass is 32.1. The third-order valence-electron chi connectivity index (χ3n) is 17.3. The zero-order valence-corrected chi connectivity index (χ0v) is 47.0. The fourth-order valence-corrected chi connectivity index (χ4v) is 15.4. The monoisotopic (exact) mass is 1100 g/mol. The Bertz CT molecular complexity index is 5560. The maximum absolute atomic E-state index is 12.7. The van der Waals surface area contributed by atoms with Gasteiger partial charge in [0, 0.05) is 54.4 Å². The largest absolute Gasteiger partial charge is 0.385 e. The van der Waals surface area contributed by atoms with Crippen molar-refractivity contribution in [3.63, 3.8) is 0 Å². The van der Waals surface area contributed by atoms with Crippen LogP contribution in [0, 0.1) is 22.7 Å². The van der Waals surface area contributed by atoms with Crippen LogP contribution in [0.15, 0.2) is 225 Å². The van der Waals surface area contributed by atoms with E-state index in [1.54, 1.807) is 11.3 Å². The Morgan fingerprint density at radius 2 is 1.05 bits per heavy atom. The molecule has 0 aliphatic heterocycles. The predicted molar refractivity (Wildman–Crippen MR) is 355 cm³/mol. The van der Waals surface area contributed by atoms with E-state index in [4.69, 9.17) is 12.6 Å². The maximum Gasteiger partial charge on any atom is 0.104 e. The number of para-hydroxylation sites is 2. The molecule has 8 heteroatoms. The molecule has 0 atom stereocenters. The minimum Gasteiger partial charge on any atom is -0.385 e. The number of hydrogen-bond donors (Lipinski definition) is 2. The van der Waals surface area contributed by atoms with Crippen molar-refractivity contribution in [3.8, 4) is 51.5 Å². The standard InChI is InChI=1S/C75H48N6S2/c1-4-47-68-57(51-29-17-21-44-19-5-7-22-48(44)51)30-18-33-65(68)80(70(47)43(2)82)71-62(42-77)73(79-63-31-14-11-26-53(63)54-27-12-15-32-64(54)79)72(61(41-76)69(71)78-3)81-66-40-46(60-39-45-20-6-8-23-49(45)50-24-9-10-25-52(50)60)35-36-55(66)58-37-38-59-56-28-13-16-34-67(56)83-75(59)74(58)81/h5-40,78,82H,2,4H2,1,3H3. The first-order chi connectivity index (χ1) is 40.9. The van der Waals surface area contributed by atoms with Gasteiger partial charge in [-0.15, -0.1) is 24.0 Å². The number of fused-ring (bicyclic) bond motifs is 15. The molecule has 83 heavy (non-hydrogen) atoms. The fourth-order valence-electron chi connectivity index (χ4n) is 13.9. The molecule has 0 spiro atoms. The van der Waals surface area contributed by atoms with Gasteiger partial charge < -0.3 is 19.0 Å². The summed E-state index contributed by atoms with van der Waals surface area (Å²) in [5.41, 5.74) is 13.6. The molecule has 0 bridgehead atoms. The number of rotatable bonds is 8. The van der Waals surface area contributed by atoms with Gasteiger partial charge in [-0.05, 0) is 103 Å². The van der Waals surface area contributed by atoms with E-state index >= 15 is 0 Å². The zero-order chi connectivity index (χ0) is 55.8. The molecular weight excluding hydrogens is 1050 g/mol. The van der Waals surface area contributed by atoms with Crippen molar-refractivity contribution >= 4 is 142 Å². The second-order valence-corrected chi connectivity index (χ2v) is 23.0. The zero-order valence-electron chi connectivity index (χ0n) is 45.3. The number of nitrogens with one attached hydrogen (secondary N) is 1. The van der Waals surface area contributed by atoms with Crippen LogP contribution < -0.4 is 5.32 Å². The summed E-state index contributed by atoms with van der Waals surface area (Å²) in [5, 5.41) is 43.2. The Kier molecular flexibility index (Phi) is 10.9. The molecule has 4 aromatic heterocycles. The summed E-state index contributed by atoms with van der Waals surface area (Å²) in [4.78, 5) is 0.539. The normalized spacial score (nSPS) is 11.9. The molecule has 0 unspecified atom stereocenters. The average Bonchev–Trinajstić information content (AvgIpc) is 2.50. The molecule has 0 saturated heterocycles. The van der Waals surface area contributed by atoms with E-state index in [-0.39, 0.29) is 0 Å². The lowest BCUT2D eigenvalue weighted by Gasteiger charge is -2.26. The van der Waals surface area contributed by atoms with Crippen molar-refractivity contribution in [1.82, 2.24) is 13.7 Å². The SMILES string of the molecule is C=C(S)c1c(CC)c2c(-c3cccc4ccccc34)cccc2n1-c1c(C#N)c(-n2c3ccccc3c3ccccc32)c(-n2c3cc(-c4cc5ccccc5c5ccccc45)ccc3c3ccc4c5ccccc5sc4c32)c(C#N)c1NC. The quantitative estimate of drug-likeness (QED) is 0.118. The summed E-state index contributed by atoms with van der Waals surface area (Å²) in [5.74, 6) is 0. The van der Waals surface area contributed by atoms with Crippen molar-refractivity contribution in [2.45, 2.75) is 13.3 Å². The number of nitriles is 2. The second kappa shape index (κ2) is 18.6. The summed E-state index contributed by atoms with van der Waals surface area (Å²) in [6.45, 7) is 6.75. The number of aryl methyl sites for hydroxylation is 1. The number of anilines is 1. The molecule has 0 saturated carbocycles. The maximum atomic E-state index is 12.7. The fraction of sp³-hybridized carbons (Fsp3) is 0.0400. The molecule has 1 N–H and O–H groups in total. The molecule has 0 amide bonds. The lowest BCUT2D eigenvalue weighted by atomic mass is 9.93. The number of aromatic nitrogens is 3. The summed E-state index contributed by atoms with van der Waals surface area (Å²) < 4.78 is 9.00. The Labute approximate surface area is 487 Å². The molecule has 390 valence electrons. The van der Waals surface area contributed by atoms with Gasteiger partial charge in [-0.2, -0.15) is 10.5 Å². The Morgan fingerprint density at radius 1 is 0.482 bits per heavy atom. The molecular formula is C75H48N6S2. The van der Waals surface area contributed by atoms with Crippen LogP contribution in [0.1, 0.15) is 29.3 Å². The highest BCUT2D eigenvalue weighted by Gasteiger charge is 2.34. The van der Waals surface area contributed by atoms with E-state index in [1.165, 1.54) is 10.8 Å². The number of thiol groups is 1. The molecule has 4 heterocycles. The van der Waals surface area contributed by atoms with Gasteiger partial charge in [0.05, 0.1) is 60.7 Å². The lowest BCUT2D eigenvalue weighted by Crippen LogP contribution is -2.16. The smallest absolute Gasteiger partial charge is 0.104 e. The number of hydrogen-bond acceptors (Lipinski definition) is 5. The summed E-state index contributed by atoms with van der Waals surface area (Å²) in [6.07, 6.45) is 0.640. The van der Waals surface area contributed by atoms with Crippen molar-refractivity contribution < 1.29 is 0 Å². The molecule has 16 aromatic rings. The topological polar surface area (TPSA) is 74.4 Å². The predicted octanol–water partition coefficient (Wildman–Crippen LogP) is 20.2. The minimum atomic E-state index is 0.371. The van der Waals surface area contributed by atoms with Crippen LogP contribution in [0.5, 0.6) is 0 Å². The highest BCUT2D eigenvalue weighted by Crippen LogP contribution is 2.52. The summed E-state index contributed by atoms with van der Waals surface area (Å²) in [7, 11) is 1.87. The van der Waals surface area contributed by atoms with Gasteiger partial charge in [-0.3, -0.25) is 0 Å². The van der Waals surface area contributed by atoms with Gasteiger partial charge in [0.2, 0.25) is 0 Å². The van der Waals surface area contributed by atoms with Crippen LogP contribution >= 0.6 is 24.0 Å². The summed E-state index contributed by atoms with van der Waals surface area (Å²) >= 11 is 6.93. The van der Waals surface area contributed by atoms with Gasteiger partial charge in [0.25, 0.3) is 0 Å². The number of thiophene rings is 1. The Hall–Kier alpha value is -10.4. The lowest BCUT2D eigenvalue weighted by molar-refractivity contribution is 1.03. The van der Waals surface area contributed by atoms with Crippen LogP contribution in [-0.4, -0.2) is 20.7 Å². The van der Waals surface area contributed by atoms with Crippen LogP contribution in [0.25, 0.3) is 151 Å². The highest BCUT2D eigenvalue weighted by molar-refractivity contribution is 7.90. The van der Waals surface area contributed by atoms with Crippen LogP contribution in [0.2, 0.25) is 0 Å². The molecule has 0 aliphatic rings. The third kappa shape index (κ3) is 6.83. The van der Waals surface area contributed by atoms with Gasteiger partial charge in [-0.25, -0.2) is 0 Å². The van der Waals surface area contributed by atoms with E-state index in [9.17, 15) is 10.5 Å². The first-order valence-corrected chi connectivity index (χ1v) is 29.2. The van der Waals surface area contributed by atoms with Gasteiger partial charge in [0.15, 0.2) is 0 Å². The van der Waals surface area contributed by atoms with Crippen LogP contribution in [-0.2, 0) is 6.42 Å². The number of nitrogens with zero attached hydrogens (tertiary/aromatic N) is 5. The van der Waals surface area contributed by atoms with Crippen molar-refractivity contribution in [2.75, 3.05) is 12.4 Å². The van der Waals surface area contributed by atoms with Crippen molar-refractivity contribution in [3.05, 3.63) is 247 Å². The van der Waals surface area contributed by atoms with E-state index in [0.717, 1.165) is 130 Å². The molecule has 6 nitrogen and oxygen atoms in total. The van der Waals surface area contributed by atoms with E-state index in [2.05, 4.69) is 263 Å². The van der Waals surface area contributed by atoms with Gasteiger partial charge in [-0.1, -0.05) is 195 Å². The second-order valence-electron chi connectivity index (χ2n) is 21.4. The Morgan fingerprint density at radius 3 is 1.77 bits per heavy atom. The van der Waals surface area contributed by atoms with E-state index in [1.807, 2.05) is 7.05 Å². The first-order valence-electron chi connectivity index (χ1n) is 27.9. The minimum absolute atomic E-state index is 0.371. The molecule has 0 aliphatic carbocycles. The Balaban J connectivity index is 1.13. The number of benzene rings is 12. The van der Waals surface area contributed by atoms with Crippen molar-refractivity contribution in [2.24, 2.45) is 0 Å². The van der Waals surface area contributed by atoms with Gasteiger partial charge in [0.1, 0.15) is 23.3 Å².